The van der Waals surface area contributed by atoms with Gasteiger partial charge in [0, 0.05) is 23.0 Å². The minimum Gasteiger partial charge on any atom is -0.376 e. The molecule has 2 heterocycles. The highest BCUT2D eigenvalue weighted by molar-refractivity contribution is 9.10. The SMILES string of the molecule is O=C(NC[C@@H]1CCCO1)c1cc(Br)cs1. The average molecular weight is 290 g/mol. The summed E-state index contributed by atoms with van der Waals surface area (Å²) in [6.07, 6.45) is 2.36. The van der Waals surface area contributed by atoms with E-state index in [2.05, 4.69) is 21.2 Å². The van der Waals surface area contributed by atoms with Crippen molar-refractivity contribution < 1.29 is 9.53 Å². The lowest BCUT2D eigenvalue weighted by Crippen LogP contribution is -2.31. The molecule has 1 N–H and O–H groups in total. The Morgan fingerprint density at radius 3 is 3.20 bits per heavy atom. The Hall–Kier alpha value is -0.390. The third-order valence-electron chi connectivity index (χ3n) is 2.31. The van der Waals surface area contributed by atoms with E-state index in [1.165, 1.54) is 11.3 Å². The summed E-state index contributed by atoms with van der Waals surface area (Å²) in [5.74, 6) is -0.0128. The Balaban J connectivity index is 1.81. The summed E-state index contributed by atoms with van der Waals surface area (Å²) in [5.41, 5.74) is 0. The van der Waals surface area contributed by atoms with Crippen molar-refractivity contribution in [2.45, 2.75) is 18.9 Å². The van der Waals surface area contributed by atoms with Crippen molar-refractivity contribution in [3.8, 4) is 0 Å². The smallest absolute Gasteiger partial charge is 0.261 e. The first-order valence-electron chi connectivity index (χ1n) is 4.89. The first-order valence-corrected chi connectivity index (χ1v) is 6.57. The Morgan fingerprint density at radius 1 is 1.73 bits per heavy atom. The number of rotatable bonds is 3. The third kappa shape index (κ3) is 3.03. The molecule has 0 aliphatic carbocycles. The van der Waals surface area contributed by atoms with E-state index in [1.807, 2.05) is 11.4 Å². The molecule has 1 saturated heterocycles. The van der Waals surface area contributed by atoms with Crippen molar-refractivity contribution in [1.82, 2.24) is 5.32 Å². The van der Waals surface area contributed by atoms with Crippen LogP contribution in [0, 0.1) is 0 Å². The molecule has 3 nitrogen and oxygen atoms in total. The molecule has 82 valence electrons. The maximum atomic E-state index is 11.6. The van der Waals surface area contributed by atoms with E-state index in [4.69, 9.17) is 4.74 Å². The topological polar surface area (TPSA) is 38.3 Å². The van der Waals surface area contributed by atoms with Crippen LogP contribution in [-0.4, -0.2) is 25.2 Å². The monoisotopic (exact) mass is 289 g/mol. The van der Waals surface area contributed by atoms with Gasteiger partial charge < -0.3 is 10.1 Å². The number of thiophene rings is 1. The summed E-state index contributed by atoms with van der Waals surface area (Å²) >= 11 is 4.76. The summed E-state index contributed by atoms with van der Waals surface area (Å²) in [6.45, 7) is 1.44. The van der Waals surface area contributed by atoms with Crippen molar-refractivity contribution in [3.05, 3.63) is 20.8 Å². The van der Waals surface area contributed by atoms with Gasteiger partial charge in [-0.25, -0.2) is 0 Å². The number of hydrogen-bond donors (Lipinski definition) is 1. The van der Waals surface area contributed by atoms with Crippen LogP contribution in [0.4, 0.5) is 0 Å². The Bertz CT molecular complexity index is 347. The van der Waals surface area contributed by atoms with Crippen LogP contribution in [0.3, 0.4) is 0 Å². The number of halogens is 1. The van der Waals surface area contributed by atoms with Crippen molar-refractivity contribution in [3.63, 3.8) is 0 Å². The van der Waals surface area contributed by atoms with E-state index in [9.17, 15) is 4.79 Å². The number of carbonyl (C=O) groups excluding carboxylic acids is 1. The molecule has 15 heavy (non-hydrogen) atoms. The molecule has 1 aliphatic heterocycles. The number of ether oxygens (including phenoxy) is 1. The molecule has 1 aromatic rings. The summed E-state index contributed by atoms with van der Waals surface area (Å²) < 4.78 is 6.38. The molecular formula is C10H12BrNO2S. The van der Waals surface area contributed by atoms with E-state index >= 15 is 0 Å². The van der Waals surface area contributed by atoms with Crippen LogP contribution in [0.25, 0.3) is 0 Å². The zero-order chi connectivity index (χ0) is 10.7. The van der Waals surface area contributed by atoms with Gasteiger partial charge >= 0.3 is 0 Å². The summed E-state index contributed by atoms with van der Waals surface area (Å²) in [4.78, 5) is 12.4. The molecule has 1 aromatic heterocycles. The first kappa shape index (κ1) is 11.1. The molecule has 1 amide bonds. The lowest BCUT2D eigenvalue weighted by atomic mass is 10.2. The van der Waals surface area contributed by atoms with E-state index in [0.717, 1.165) is 28.8 Å². The summed E-state index contributed by atoms with van der Waals surface area (Å²) in [7, 11) is 0. The van der Waals surface area contributed by atoms with E-state index in [-0.39, 0.29) is 12.0 Å². The highest BCUT2D eigenvalue weighted by Crippen LogP contribution is 2.19. The molecule has 2 rings (SSSR count). The van der Waals surface area contributed by atoms with Crippen LogP contribution >= 0.6 is 27.3 Å². The van der Waals surface area contributed by atoms with Gasteiger partial charge in [-0.2, -0.15) is 0 Å². The van der Waals surface area contributed by atoms with Crippen molar-refractivity contribution in [2.75, 3.05) is 13.2 Å². The predicted octanol–water partition coefficient (Wildman–Crippen LogP) is 2.42. The third-order valence-corrected chi connectivity index (χ3v) is 4.00. The molecule has 5 heteroatoms. The zero-order valence-corrected chi connectivity index (χ0v) is 10.6. The van der Waals surface area contributed by atoms with Gasteiger partial charge in [0.25, 0.3) is 5.91 Å². The molecule has 0 radical (unpaired) electrons. The quantitative estimate of drug-likeness (QED) is 0.928. The Kier molecular flexibility index (Phi) is 3.77. The first-order chi connectivity index (χ1) is 7.25. The normalized spacial score (nSPS) is 20.5. The van der Waals surface area contributed by atoms with Gasteiger partial charge in [-0.1, -0.05) is 0 Å². The van der Waals surface area contributed by atoms with Gasteiger partial charge in [0.15, 0.2) is 0 Å². The number of nitrogens with one attached hydrogen (secondary N) is 1. The summed E-state index contributed by atoms with van der Waals surface area (Å²) in [5, 5.41) is 4.78. The molecule has 0 saturated carbocycles. The second-order valence-electron chi connectivity index (χ2n) is 3.47. The van der Waals surface area contributed by atoms with Crippen LogP contribution in [0.1, 0.15) is 22.5 Å². The number of amides is 1. The number of hydrogen-bond acceptors (Lipinski definition) is 3. The fourth-order valence-corrected chi connectivity index (χ4v) is 2.87. The van der Waals surface area contributed by atoms with Crippen LogP contribution in [0.15, 0.2) is 15.9 Å². The minimum atomic E-state index is -0.0128. The standard InChI is InChI=1S/C10H12BrNO2S/c11-7-4-9(15-6-7)10(13)12-5-8-2-1-3-14-8/h4,6,8H,1-3,5H2,(H,12,13)/t8-/m0/s1. The highest BCUT2D eigenvalue weighted by atomic mass is 79.9. The van der Waals surface area contributed by atoms with Gasteiger partial charge in [0.2, 0.25) is 0 Å². The van der Waals surface area contributed by atoms with Gasteiger partial charge in [0.1, 0.15) is 0 Å². The Morgan fingerprint density at radius 2 is 2.60 bits per heavy atom. The van der Waals surface area contributed by atoms with E-state index in [1.54, 1.807) is 0 Å². The predicted molar refractivity (Wildman–Crippen MR) is 63.3 cm³/mol. The molecule has 0 unspecified atom stereocenters. The second-order valence-corrected chi connectivity index (χ2v) is 5.30. The van der Waals surface area contributed by atoms with E-state index < -0.39 is 0 Å². The molecular weight excluding hydrogens is 278 g/mol. The largest absolute Gasteiger partial charge is 0.376 e. The molecule has 1 atom stereocenters. The lowest BCUT2D eigenvalue weighted by molar-refractivity contribution is 0.0861. The maximum Gasteiger partial charge on any atom is 0.261 e. The van der Waals surface area contributed by atoms with Crippen molar-refractivity contribution in [1.29, 1.82) is 0 Å². The lowest BCUT2D eigenvalue weighted by Gasteiger charge is -2.09. The molecule has 0 bridgehead atoms. The average Bonchev–Trinajstić information content (AvgIpc) is 2.84. The van der Waals surface area contributed by atoms with Crippen LogP contribution in [0.5, 0.6) is 0 Å². The molecule has 0 aromatic carbocycles. The minimum absolute atomic E-state index is 0.0128. The summed E-state index contributed by atoms with van der Waals surface area (Å²) in [6, 6.07) is 1.83. The zero-order valence-electron chi connectivity index (χ0n) is 8.16. The van der Waals surface area contributed by atoms with Crippen LogP contribution in [-0.2, 0) is 4.74 Å². The molecule has 0 spiro atoms. The van der Waals surface area contributed by atoms with Crippen LogP contribution < -0.4 is 5.32 Å². The molecule has 1 fully saturated rings. The van der Waals surface area contributed by atoms with Gasteiger partial charge in [0.05, 0.1) is 11.0 Å². The van der Waals surface area contributed by atoms with Gasteiger partial charge in [-0.3, -0.25) is 4.79 Å². The highest BCUT2D eigenvalue weighted by Gasteiger charge is 2.17. The van der Waals surface area contributed by atoms with Crippen molar-refractivity contribution >= 4 is 33.2 Å². The number of carbonyl (C=O) groups is 1. The fourth-order valence-electron chi connectivity index (χ4n) is 1.53. The van der Waals surface area contributed by atoms with Crippen molar-refractivity contribution in [2.24, 2.45) is 0 Å². The van der Waals surface area contributed by atoms with Gasteiger partial charge in [-0.05, 0) is 34.8 Å². The van der Waals surface area contributed by atoms with Crippen LogP contribution in [0.2, 0.25) is 0 Å². The maximum absolute atomic E-state index is 11.6. The molecule has 1 aliphatic rings. The van der Waals surface area contributed by atoms with E-state index in [0.29, 0.717) is 6.54 Å². The second kappa shape index (κ2) is 5.09. The van der Waals surface area contributed by atoms with Gasteiger partial charge in [-0.15, -0.1) is 11.3 Å². The Labute approximate surface area is 101 Å². The fraction of sp³-hybridized carbons (Fsp3) is 0.500.